The van der Waals surface area contributed by atoms with Crippen molar-refractivity contribution < 1.29 is 9.18 Å². The first kappa shape index (κ1) is 12.9. The normalized spacial score (nSPS) is 9.74. The van der Waals surface area contributed by atoms with Crippen LogP contribution in [0.25, 0.3) is 0 Å². The summed E-state index contributed by atoms with van der Waals surface area (Å²) < 4.78 is 13.0. The van der Waals surface area contributed by atoms with Gasteiger partial charge in [0.05, 0.1) is 17.3 Å². The first-order valence-electron chi connectivity index (χ1n) is 5.08. The number of carbonyl (C=O) groups is 1. The molecule has 0 spiro atoms. The molecular weight excluding hydrogens is 271 g/mol. The summed E-state index contributed by atoms with van der Waals surface area (Å²) in [6.45, 7) is 0. The standard InChI is InChI=1S/C12H6ClFN4O/c13-11-9(3-8(14)6-17-11)12(19)18-10-2-1-7(4-15)5-16-10/h1-3,5-6H,(H,16,18,19). The Morgan fingerprint density at radius 3 is 2.79 bits per heavy atom. The summed E-state index contributed by atoms with van der Waals surface area (Å²) in [5.74, 6) is -1.07. The van der Waals surface area contributed by atoms with Gasteiger partial charge in [-0.1, -0.05) is 11.6 Å². The monoisotopic (exact) mass is 276 g/mol. The molecule has 5 nitrogen and oxygen atoms in total. The van der Waals surface area contributed by atoms with Crippen LogP contribution in [-0.4, -0.2) is 15.9 Å². The Labute approximate surface area is 112 Å². The number of aromatic nitrogens is 2. The summed E-state index contributed by atoms with van der Waals surface area (Å²) in [5.41, 5.74) is 0.274. The molecule has 0 saturated heterocycles. The van der Waals surface area contributed by atoms with Gasteiger partial charge in [0.15, 0.2) is 0 Å². The Balaban J connectivity index is 2.21. The number of hydrogen-bond acceptors (Lipinski definition) is 4. The van der Waals surface area contributed by atoms with Crippen LogP contribution in [0.1, 0.15) is 15.9 Å². The zero-order valence-corrected chi connectivity index (χ0v) is 10.1. The molecule has 0 bridgehead atoms. The molecule has 0 atom stereocenters. The number of amides is 1. The Morgan fingerprint density at radius 1 is 1.37 bits per heavy atom. The number of anilines is 1. The summed E-state index contributed by atoms with van der Waals surface area (Å²) in [4.78, 5) is 19.2. The molecule has 7 heteroatoms. The van der Waals surface area contributed by atoms with Crippen molar-refractivity contribution in [2.75, 3.05) is 5.32 Å². The fraction of sp³-hybridized carbons (Fsp3) is 0. The van der Waals surface area contributed by atoms with Crippen molar-refractivity contribution in [1.29, 1.82) is 5.26 Å². The number of nitrogens with zero attached hydrogens (tertiary/aromatic N) is 3. The molecule has 2 aromatic rings. The van der Waals surface area contributed by atoms with Gasteiger partial charge in [-0.25, -0.2) is 14.4 Å². The maximum absolute atomic E-state index is 13.0. The second-order valence-corrected chi connectivity index (χ2v) is 3.85. The van der Waals surface area contributed by atoms with Gasteiger partial charge in [-0.05, 0) is 18.2 Å². The average Bonchev–Trinajstić information content (AvgIpc) is 2.42. The molecule has 0 aliphatic carbocycles. The molecule has 0 aromatic carbocycles. The highest BCUT2D eigenvalue weighted by molar-refractivity contribution is 6.33. The van der Waals surface area contributed by atoms with Gasteiger partial charge in [0.1, 0.15) is 22.9 Å². The fourth-order valence-electron chi connectivity index (χ4n) is 1.30. The molecule has 1 N–H and O–H groups in total. The average molecular weight is 277 g/mol. The largest absolute Gasteiger partial charge is 0.306 e. The lowest BCUT2D eigenvalue weighted by Crippen LogP contribution is -2.14. The Hall–Kier alpha value is -2.52. The van der Waals surface area contributed by atoms with E-state index in [-0.39, 0.29) is 16.5 Å². The minimum Gasteiger partial charge on any atom is -0.306 e. The third-order valence-electron chi connectivity index (χ3n) is 2.18. The van der Waals surface area contributed by atoms with E-state index < -0.39 is 11.7 Å². The molecule has 2 heterocycles. The van der Waals surface area contributed by atoms with E-state index in [1.165, 1.54) is 18.3 Å². The SMILES string of the molecule is N#Cc1ccc(NC(=O)c2cc(F)cnc2Cl)nc1. The minimum atomic E-state index is -0.665. The number of pyridine rings is 2. The van der Waals surface area contributed by atoms with Crippen molar-refractivity contribution in [3.63, 3.8) is 0 Å². The summed E-state index contributed by atoms with van der Waals surface area (Å²) in [7, 11) is 0. The smallest absolute Gasteiger partial charge is 0.260 e. The molecule has 1 amide bonds. The van der Waals surface area contributed by atoms with E-state index in [4.69, 9.17) is 16.9 Å². The highest BCUT2D eigenvalue weighted by atomic mass is 35.5. The third-order valence-corrected chi connectivity index (χ3v) is 2.49. The Kier molecular flexibility index (Phi) is 3.68. The van der Waals surface area contributed by atoms with Crippen LogP contribution in [-0.2, 0) is 0 Å². The van der Waals surface area contributed by atoms with E-state index in [9.17, 15) is 9.18 Å². The maximum atomic E-state index is 13.0. The van der Waals surface area contributed by atoms with Gasteiger partial charge in [-0.3, -0.25) is 4.79 Å². The van der Waals surface area contributed by atoms with E-state index in [0.717, 1.165) is 12.3 Å². The minimum absolute atomic E-state index is 0.0900. The van der Waals surface area contributed by atoms with Crippen LogP contribution in [0.2, 0.25) is 5.15 Å². The molecule has 0 fully saturated rings. The zero-order valence-electron chi connectivity index (χ0n) is 9.39. The summed E-state index contributed by atoms with van der Waals surface area (Å²) >= 11 is 5.70. The number of nitrogens with one attached hydrogen (secondary N) is 1. The van der Waals surface area contributed by atoms with Crippen molar-refractivity contribution in [1.82, 2.24) is 9.97 Å². The lowest BCUT2D eigenvalue weighted by atomic mass is 10.2. The lowest BCUT2D eigenvalue weighted by Gasteiger charge is -2.05. The molecule has 19 heavy (non-hydrogen) atoms. The second kappa shape index (κ2) is 5.42. The van der Waals surface area contributed by atoms with Crippen molar-refractivity contribution in [2.24, 2.45) is 0 Å². The van der Waals surface area contributed by atoms with Gasteiger partial charge in [-0.15, -0.1) is 0 Å². The third kappa shape index (κ3) is 3.03. The van der Waals surface area contributed by atoms with E-state index in [1.807, 2.05) is 6.07 Å². The van der Waals surface area contributed by atoms with E-state index in [0.29, 0.717) is 5.56 Å². The second-order valence-electron chi connectivity index (χ2n) is 3.49. The van der Waals surface area contributed by atoms with Crippen LogP contribution in [0.3, 0.4) is 0 Å². The van der Waals surface area contributed by atoms with Crippen molar-refractivity contribution in [2.45, 2.75) is 0 Å². The highest BCUT2D eigenvalue weighted by Gasteiger charge is 2.13. The summed E-state index contributed by atoms with van der Waals surface area (Å²) in [5, 5.41) is 10.9. The van der Waals surface area contributed by atoms with Gasteiger partial charge < -0.3 is 5.32 Å². The number of hydrogen-bond donors (Lipinski definition) is 1. The molecule has 2 aromatic heterocycles. The maximum Gasteiger partial charge on any atom is 0.260 e. The van der Waals surface area contributed by atoms with Crippen LogP contribution in [0.5, 0.6) is 0 Å². The highest BCUT2D eigenvalue weighted by Crippen LogP contribution is 2.15. The van der Waals surface area contributed by atoms with Crippen LogP contribution < -0.4 is 5.32 Å². The molecular formula is C12H6ClFN4O. The first-order chi connectivity index (χ1) is 9.10. The number of halogens is 2. The van der Waals surface area contributed by atoms with Crippen molar-refractivity contribution >= 4 is 23.3 Å². The molecule has 0 unspecified atom stereocenters. The van der Waals surface area contributed by atoms with Crippen LogP contribution in [0.4, 0.5) is 10.2 Å². The predicted octanol–water partition coefficient (Wildman–Crippen LogP) is 2.39. The van der Waals surface area contributed by atoms with Gasteiger partial charge in [0.2, 0.25) is 0 Å². The zero-order chi connectivity index (χ0) is 13.8. The van der Waals surface area contributed by atoms with E-state index in [1.54, 1.807) is 0 Å². The summed E-state index contributed by atoms with van der Waals surface area (Å²) in [6.07, 6.45) is 2.22. The molecule has 0 radical (unpaired) electrons. The van der Waals surface area contributed by atoms with Gasteiger partial charge >= 0.3 is 0 Å². The topological polar surface area (TPSA) is 78.7 Å². The van der Waals surface area contributed by atoms with Crippen molar-refractivity contribution in [3.05, 3.63) is 52.7 Å². The quantitative estimate of drug-likeness (QED) is 0.854. The van der Waals surface area contributed by atoms with Crippen LogP contribution >= 0.6 is 11.6 Å². The summed E-state index contributed by atoms with van der Waals surface area (Å²) in [6, 6.07) is 5.83. The van der Waals surface area contributed by atoms with Crippen LogP contribution in [0.15, 0.2) is 30.6 Å². The van der Waals surface area contributed by atoms with E-state index in [2.05, 4.69) is 15.3 Å². The lowest BCUT2D eigenvalue weighted by molar-refractivity contribution is 0.102. The molecule has 2 rings (SSSR count). The molecule has 94 valence electrons. The Bertz CT molecular complexity index is 666. The van der Waals surface area contributed by atoms with Gasteiger partial charge in [0.25, 0.3) is 5.91 Å². The number of carbonyl (C=O) groups excluding carboxylic acids is 1. The van der Waals surface area contributed by atoms with E-state index >= 15 is 0 Å². The van der Waals surface area contributed by atoms with Crippen molar-refractivity contribution in [3.8, 4) is 6.07 Å². The Morgan fingerprint density at radius 2 is 2.16 bits per heavy atom. The fourth-order valence-corrected chi connectivity index (χ4v) is 1.49. The number of rotatable bonds is 2. The molecule has 0 aliphatic rings. The predicted molar refractivity (Wildman–Crippen MR) is 66.1 cm³/mol. The first-order valence-corrected chi connectivity index (χ1v) is 5.46. The molecule has 0 saturated carbocycles. The van der Waals surface area contributed by atoms with Gasteiger partial charge in [-0.2, -0.15) is 5.26 Å². The van der Waals surface area contributed by atoms with Crippen LogP contribution in [0, 0.1) is 17.1 Å². The molecule has 0 aliphatic heterocycles. The number of nitriles is 1. The van der Waals surface area contributed by atoms with Gasteiger partial charge in [0, 0.05) is 6.20 Å².